The third-order valence-electron chi connectivity index (χ3n) is 1.75. The Morgan fingerprint density at radius 1 is 1.38 bits per heavy atom. The summed E-state index contributed by atoms with van der Waals surface area (Å²) in [6, 6.07) is 7.79. The monoisotopic (exact) mass is 211 g/mol. The number of hydrogen-bond donors (Lipinski definition) is 1. The lowest BCUT2D eigenvalue weighted by Gasteiger charge is -1.88. The van der Waals surface area contributed by atoms with E-state index in [9.17, 15) is 0 Å². The highest BCUT2D eigenvalue weighted by atomic mass is 33.1. The van der Waals surface area contributed by atoms with Gasteiger partial charge >= 0.3 is 0 Å². The van der Waals surface area contributed by atoms with Gasteiger partial charge in [-0.15, -0.1) is 11.7 Å². The molecule has 68 valence electrons. The van der Waals surface area contributed by atoms with E-state index < -0.39 is 0 Å². The maximum absolute atomic E-state index is 5.51. The van der Waals surface area contributed by atoms with E-state index in [4.69, 9.17) is 4.42 Å². The van der Waals surface area contributed by atoms with E-state index in [0.717, 1.165) is 29.2 Å². The van der Waals surface area contributed by atoms with Gasteiger partial charge in [0.15, 0.2) is 11.5 Å². The van der Waals surface area contributed by atoms with Crippen LogP contribution in [0.1, 0.15) is 5.89 Å². The lowest BCUT2D eigenvalue weighted by molar-refractivity contribution is 0.539. The van der Waals surface area contributed by atoms with E-state index in [0.29, 0.717) is 0 Å². The molecule has 0 spiro atoms. The maximum Gasteiger partial charge on any atom is 0.196 e. The molecule has 0 bridgehead atoms. The summed E-state index contributed by atoms with van der Waals surface area (Å²) in [4.78, 5) is 4.34. The maximum atomic E-state index is 5.51. The van der Waals surface area contributed by atoms with Crippen molar-refractivity contribution in [1.29, 1.82) is 0 Å². The van der Waals surface area contributed by atoms with Gasteiger partial charge < -0.3 is 4.42 Å². The quantitative estimate of drug-likeness (QED) is 0.624. The Kier molecular flexibility index (Phi) is 2.80. The van der Waals surface area contributed by atoms with Crippen LogP contribution in [-0.4, -0.2) is 10.7 Å². The van der Waals surface area contributed by atoms with Crippen molar-refractivity contribution in [3.63, 3.8) is 0 Å². The van der Waals surface area contributed by atoms with Crippen LogP contribution >= 0.6 is 22.5 Å². The van der Waals surface area contributed by atoms with Crippen LogP contribution in [-0.2, 0) is 6.42 Å². The largest absolute Gasteiger partial charge is 0.441 e. The zero-order chi connectivity index (χ0) is 9.10. The van der Waals surface area contributed by atoms with Crippen LogP contribution in [0.25, 0.3) is 11.1 Å². The van der Waals surface area contributed by atoms with Crippen LogP contribution < -0.4 is 0 Å². The van der Waals surface area contributed by atoms with Crippen LogP contribution in [0.2, 0.25) is 0 Å². The molecule has 0 aliphatic carbocycles. The molecule has 1 aromatic carbocycles. The smallest absolute Gasteiger partial charge is 0.196 e. The number of hydrogen-bond acceptors (Lipinski definition) is 4. The SMILES string of the molecule is SSCCc1nc2ccccc2o1. The Morgan fingerprint density at radius 2 is 2.23 bits per heavy atom. The van der Waals surface area contributed by atoms with Gasteiger partial charge in [-0.2, -0.15) is 0 Å². The van der Waals surface area contributed by atoms with Gasteiger partial charge in [0.25, 0.3) is 0 Å². The summed E-state index contributed by atoms with van der Waals surface area (Å²) in [5.41, 5.74) is 1.79. The fraction of sp³-hybridized carbons (Fsp3) is 0.222. The van der Waals surface area contributed by atoms with Crippen molar-refractivity contribution >= 4 is 33.6 Å². The Hall–Kier alpha value is -0.610. The second kappa shape index (κ2) is 4.07. The van der Waals surface area contributed by atoms with Crippen molar-refractivity contribution in [3.8, 4) is 0 Å². The highest BCUT2D eigenvalue weighted by molar-refractivity contribution is 8.68. The Balaban J connectivity index is 2.28. The molecule has 0 radical (unpaired) electrons. The number of para-hydroxylation sites is 2. The van der Waals surface area contributed by atoms with E-state index in [1.807, 2.05) is 24.3 Å². The van der Waals surface area contributed by atoms with Gasteiger partial charge in [0.2, 0.25) is 0 Å². The van der Waals surface area contributed by atoms with Crippen molar-refractivity contribution in [2.45, 2.75) is 6.42 Å². The molecule has 0 saturated carbocycles. The van der Waals surface area contributed by atoms with Crippen LogP contribution in [0.4, 0.5) is 0 Å². The lowest BCUT2D eigenvalue weighted by atomic mass is 10.3. The summed E-state index contributed by atoms with van der Waals surface area (Å²) < 4.78 is 5.51. The van der Waals surface area contributed by atoms with Gasteiger partial charge in [0.1, 0.15) is 5.52 Å². The minimum absolute atomic E-state index is 0.794. The molecule has 13 heavy (non-hydrogen) atoms. The molecule has 0 fully saturated rings. The predicted molar refractivity (Wildman–Crippen MR) is 59.2 cm³/mol. The van der Waals surface area contributed by atoms with Crippen molar-refractivity contribution in [1.82, 2.24) is 4.98 Å². The highest BCUT2D eigenvalue weighted by Gasteiger charge is 2.03. The molecule has 2 aromatic rings. The molecule has 2 nitrogen and oxygen atoms in total. The average molecular weight is 211 g/mol. The van der Waals surface area contributed by atoms with Crippen molar-refractivity contribution in [3.05, 3.63) is 30.2 Å². The molecule has 0 N–H and O–H groups in total. The third kappa shape index (κ3) is 2.00. The molecule has 1 heterocycles. The molecular formula is C9H9NOS2. The number of aromatic nitrogens is 1. The predicted octanol–water partition coefficient (Wildman–Crippen LogP) is 2.95. The Bertz CT molecular complexity index is 366. The molecule has 0 aliphatic heterocycles. The molecule has 0 unspecified atom stereocenters. The van der Waals surface area contributed by atoms with Crippen molar-refractivity contribution in [2.24, 2.45) is 0 Å². The van der Waals surface area contributed by atoms with Crippen molar-refractivity contribution < 1.29 is 4.42 Å². The molecule has 0 aliphatic rings. The van der Waals surface area contributed by atoms with Crippen LogP contribution in [0.15, 0.2) is 28.7 Å². The average Bonchev–Trinajstić information content (AvgIpc) is 2.57. The highest BCUT2D eigenvalue weighted by Crippen LogP contribution is 2.16. The Labute approximate surface area is 85.5 Å². The fourth-order valence-corrected chi connectivity index (χ4v) is 1.70. The zero-order valence-electron chi connectivity index (χ0n) is 6.93. The number of aryl methyl sites for hydroxylation is 1. The minimum atomic E-state index is 0.794. The molecule has 1 aromatic heterocycles. The third-order valence-corrected chi connectivity index (χ3v) is 2.68. The van der Waals surface area contributed by atoms with Crippen LogP contribution in [0.3, 0.4) is 0 Å². The number of benzene rings is 1. The molecule has 0 amide bonds. The first-order valence-electron chi connectivity index (χ1n) is 4.01. The zero-order valence-corrected chi connectivity index (χ0v) is 8.65. The summed E-state index contributed by atoms with van der Waals surface area (Å²) in [5.74, 6) is 1.72. The van der Waals surface area contributed by atoms with Gasteiger partial charge in [0, 0.05) is 12.2 Å². The minimum Gasteiger partial charge on any atom is -0.441 e. The topological polar surface area (TPSA) is 26.0 Å². The van der Waals surface area contributed by atoms with Crippen LogP contribution in [0.5, 0.6) is 0 Å². The van der Waals surface area contributed by atoms with E-state index in [1.54, 1.807) is 0 Å². The number of thiol groups is 1. The standard InChI is InChI=1S/C9H9NOS2/c12-13-6-5-9-10-7-3-1-2-4-8(7)11-9/h1-4,12H,5-6H2. The molecule has 2 rings (SSSR count). The molecule has 0 atom stereocenters. The first kappa shape index (κ1) is 8.97. The molecule has 4 heteroatoms. The van der Waals surface area contributed by atoms with E-state index >= 15 is 0 Å². The van der Waals surface area contributed by atoms with E-state index in [1.165, 1.54) is 10.8 Å². The number of fused-ring (bicyclic) bond motifs is 1. The summed E-state index contributed by atoms with van der Waals surface area (Å²) in [6.07, 6.45) is 0.836. The first-order valence-corrected chi connectivity index (χ1v) is 6.05. The fourth-order valence-electron chi connectivity index (χ4n) is 1.16. The number of rotatable bonds is 3. The second-order valence-corrected chi connectivity index (χ2v) is 4.10. The van der Waals surface area contributed by atoms with Gasteiger partial charge in [0.05, 0.1) is 0 Å². The van der Waals surface area contributed by atoms with Gasteiger partial charge in [-0.1, -0.05) is 22.9 Å². The van der Waals surface area contributed by atoms with Crippen molar-refractivity contribution in [2.75, 3.05) is 5.75 Å². The number of nitrogens with zero attached hydrogens (tertiary/aromatic N) is 1. The van der Waals surface area contributed by atoms with E-state index in [2.05, 4.69) is 16.6 Å². The summed E-state index contributed by atoms with van der Waals surface area (Å²) in [7, 11) is 1.50. The summed E-state index contributed by atoms with van der Waals surface area (Å²) >= 11 is 4.06. The summed E-state index contributed by atoms with van der Waals surface area (Å²) in [5, 5.41) is 0. The number of oxazole rings is 1. The van der Waals surface area contributed by atoms with Gasteiger partial charge in [-0.05, 0) is 12.1 Å². The molecular weight excluding hydrogens is 202 g/mol. The van der Waals surface area contributed by atoms with E-state index in [-0.39, 0.29) is 0 Å². The normalized spacial score (nSPS) is 10.8. The second-order valence-electron chi connectivity index (χ2n) is 2.66. The summed E-state index contributed by atoms with van der Waals surface area (Å²) in [6.45, 7) is 0. The van der Waals surface area contributed by atoms with Crippen LogP contribution in [0, 0.1) is 0 Å². The lowest BCUT2D eigenvalue weighted by Crippen LogP contribution is -1.85. The van der Waals surface area contributed by atoms with Gasteiger partial charge in [-0.25, -0.2) is 4.98 Å². The Morgan fingerprint density at radius 3 is 3.00 bits per heavy atom. The first-order chi connectivity index (χ1) is 6.40. The van der Waals surface area contributed by atoms with Gasteiger partial charge in [-0.3, -0.25) is 0 Å². The molecule has 0 saturated heterocycles.